The van der Waals surface area contributed by atoms with Crippen molar-refractivity contribution in [3.63, 3.8) is 0 Å². The van der Waals surface area contributed by atoms with Crippen LogP contribution in [0, 0.1) is 0 Å². The lowest BCUT2D eigenvalue weighted by atomic mass is 10.0. The fourth-order valence-electron chi connectivity index (χ4n) is 1.68. The van der Waals surface area contributed by atoms with E-state index in [2.05, 4.69) is 14.7 Å². The van der Waals surface area contributed by atoms with Crippen LogP contribution in [0.2, 0.25) is 0 Å². The van der Waals surface area contributed by atoms with Gasteiger partial charge in [-0.2, -0.15) is 0 Å². The van der Waals surface area contributed by atoms with Crippen LogP contribution in [-0.4, -0.2) is 23.0 Å². The summed E-state index contributed by atoms with van der Waals surface area (Å²) >= 11 is 0. The van der Waals surface area contributed by atoms with Crippen molar-refractivity contribution in [3.05, 3.63) is 54.6 Å². The van der Waals surface area contributed by atoms with Gasteiger partial charge in [0.1, 0.15) is 0 Å². The van der Waals surface area contributed by atoms with Gasteiger partial charge in [-0.25, -0.2) is 4.79 Å². The summed E-state index contributed by atoms with van der Waals surface area (Å²) in [6.45, 7) is 1.85. The minimum absolute atomic E-state index is 0.369. The highest BCUT2D eigenvalue weighted by molar-refractivity contribution is 5.91. The normalized spacial score (nSPS) is 11.2. The second kappa shape index (κ2) is 5.91. The Hall–Kier alpha value is -2.49. The third-order valence-corrected chi connectivity index (χ3v) is 2.74. The first-order valence-electron chi connectivity index (χ1n) is 5.83. The molecule has 0 N–H and O–H groups in total. The largest absolute Gasteiger partial charge is 0.466 e. The van der Waals surface area contributed by atoms with Crippen molar-refractivity contribution >= 4 is 11.5 Å². The molecule has 2 heterocycles. The Morgan fingerprint density at radius 3 is 2.58 bits per heavy atom. The molecule has 4 heteroatoms. The smallest absolute Gasteiger partial charge is 0.330 e. The second-order valence-corrected chi connectivity index (χ2v) is 4.05. The first kappa shape index (κ1) is 13.0. The molecule has 2 aromatic rings. The molecule has 0 unspecified atom stereocenters. The monoisotopic (exact) mass is 254 g/mol. The molecule has 0 aliphatic heterocycles. The zero-order valence-corrected chi connectivity index (χ0v) is 10.8. The van der Waals surface area contributed by atoms with Crippen molar-refractivity contribution in [3.8, 4) is 11.1 Å². The van der Waals surface area contributed by atoms with E-state index in [0.717, 1.165) is 22.3 Å². The Balaban J connectivity index is 2.35. The summed E-state index contributed by atoms with van der Waals surface area (Å²) in [5.41, 5.74) is 3.72. The molecular formula is C15H14N2O2. The van der Waals surface area contributed by atoms with E-state index in [1.807, 2.05) is 25.1 Å². The van der Waals surface area contributed by atoms with E-state index in [1.165, 1.54) is 13.2 Å². The van der Waals surface area contributed by atoms with Crippen molar-refractivity contribution in [1.29, 1.82) is 0 Å². The number of nitrogens with zero attached hydrogens (tertiary/aromatic N) is 2. The molecule has 0 saturated heterocycles. The van der Waals surface area contributed by atoms with Crippen LogP contribution in [0.15, 0.2) is 49.1 Å². The van der Waals surface area contributed by atoms with Gasteiger partial charge in [0.05, 0.1) is 7.11 Å². The molecule has 0 amide bonds. The molecule has 0 spiro atoms. The van der Waals surface area contributed by atoms with Crippen LogP contribution >= 0.6 is 0 Å². The maximum atomic E-state index is 11.2. The van der Waals surface area contributed by atoms with Crippen LogP contribution in [0.1, 0.15) is 12.5 Å². The first-order chi connectivity index (χ1) is 9.20. The van der Waals surface area contributed by atoms with Crippen molar-refractivity contribution in [2.24, 2.45) is 0 Å². The highest BCUT2D eigenvalue weighted by Gasteiger charge is 2.03. The average molecular weight is 254 g/mol. The molecule has 2 aromatic heterocycles. The molecule has 0 radical (unpaired) electrons. The van der Waals surface area contributed by atoms with E-state index in [-0.39, 0.29) is 5.97 Å². The molecule has 4 nitrogen and oxygen atoms in total. The number of ether oxygens (including phenoxy) is 1. The fourth-order valence-corrected chi connectivity index (χ4v) is 1.68. The van der Waals surface area contributed by atoms with Gasteiger partial charge in [0.15, 0.2) is 0 Å². The van der Waals surface area contributed by atoms with Crippen LogP contribution < -0.4 is 0 Å². The van der Waals surface area contributed by atoms with Gasteiger partial charge in [-0.1, -0.05) is 0 Å². The third-order valence-electron chi connectivity index (χ3n) is 2.74. The van der Waals surface area contributed by atoms with Crippen molar-refractivity contribution in [1.82, 2.24) is 9.97 Å². The van der Waals surface area contributed by atoms with Gasteiger partial charge in [0.25, 0.3) is 0 Å². The highest BCUT2D eigenvalue weighted by atomic mass is 16.5. The Morgan fingerprint density at radius 1 is 1.16 bits per heavy atom. The van der Waals surface area contributed by atoms with Crippen molar-refractivity contribution in [2.45, 2.75) is 6.92 Å². The Bertz CT molecular complexity index is 607. The molecule has 0 saturated carbocycles. The average Bonchev–Trinajstić information content (AvgIpc) is 2.48. The minimum Gasteiger partial charge on any atom is -0.466 e. The molecule has 0 aliphatic carbocycles. The van der Waals surface area contributed by atoms with Crippen LogP contribution in [0.25, 0.3) is 16.7 Å². The van der Waals surface area contributed by atoms with E-state index in [1.54, 1.807) is 24.8 Å². The molecule has 0 aromatic carbocycles. The first-order valence-corrected chi connectivity index (χ1v) is 5.83. The zero-order valence-electron chi connectivity index (χ0n) is 10.8. The summed E-state index contributed by atoms with van der Waals surface area (Å²) in [6.07, 6.45) is 8.43. The van der Waals surface area contributed by atoms with Gasteiger partial charge < -0.3 is 4.74 Å². The molecule has 96 valence electrons. The molecule has 2 rings (SSSR count). The van der Waals surface area contributed by atoms with Gasteiger partial charge in [-0.15, -0.1) is 0 Å². The number of hydrogen-bond acceptors (Lipinski definition) is 4. The van der Waals surface area contributed by atoms with Crippen LogP contribution in [0.4, 0.5) is 0 Å². The van der Waals surface area contributed by atoms with Crippen molar-refractivity contribution < 1.29 is 9.53 Å². The highest BCUT2D eigenvalue weighted by Crippen LogP contribution is 2.21. The predicted molar refractivity (Wildman–Crippen MR) is 73.1 cm³/mol. The zero-order chi connectivity index (χ0) is 13.7. The summed E-state index contributed by atoms with van der Waals surface area (Å²) in [6, 6.07) is 5.82. The van der Waals surface area contributed by atoms with Gasteiger partial charge in [-0.05, 0) is 41.8 Å². The summed E-state index contributed by atoms with van der Waals surface area (Å²) in [4.78, 5) is 19.4. The topological polar surface area (TPSA) is 52.1 Å². The summed E-state index contributed by atoms with van der Waals surface area (Å²) in [7, 11) is 1.36. The summed E-state index contributed by atoms with van der Waals surface area (Å²) < 4.78 is 4.61. The number of pyridine rings is 2. The Labute approximate surface area is 111 Å². The summed E-state index contributed by atoms with van der Waals surface area (Å²) in [5.74, 6) is -0.369. The Kier molecular flexibility index (Phi) is 4.03. The lowest BCUT2D eigenvalue weighted by molar-refractivity contribution is -0.134. The van der Waals surface area contributed by atoms with E-state index < -0.39 is 0 Å². The Morgan fingerprint density at radius 2 is 1.89 bits per heavy atom. The van der Waals surface area contributed by atoms with Gasteiger partial charge in [-0.3, -0.25) is 9.97 Å². The SMILES string of the molecule is COC(=O)/C=C(\C)c1cncc(-c2ccncc2)c1. The maximum absolute atomic E-state index is 11.2. The second-order valence-electron chi connectivity index (χ2n) is 4.05. The lowest BCUT2D eigenvalue weighted by Crippen LogP contribution is -1.96. The third kappa shape index (κ3) is 3.25. The molecule has 0 aliphatic rings. The number of methoxy groups -OCH3 is 1. The lowest BCUT2D eigenvalue weighted by Gasteiger charge is -2.05. The standard InChI is InChI=1S/C15H14N2O2/c1-11(7-15(18)19-2)13-8-14(10-17-9-13)12-3-5-16-6-4-12/h3-10H,1-2H3/b11-7+. The number of esters is 1. The predicted octanol–water partition coefficient (Wildman–Crippen LogP) is 2.72. The van der Waals surface area contributed by atoms with E-state index in [0.29, 0.717) is 0 Å². The van der Waals surface area contributed by atoms with E-state index in [4.69, 9.17) is 0 Å². The number of hydrogen-bond donors (Lipinski definition) is 0. The van der Waals surface area contributed by atoms with Gasteiger partial charge in [0.2, 0.25) is 0 Å². The summed E-state index contributed by atoms with van der Waals surface area (Å²) in [5, 5.41) is 0. The van der Waals surface area contributed by atoms with Gasteiger partial charge in [0, 0.05) is 36.4 Å². The van der Waals surface area contributed by atoms with E-state index in [9.17, 15) is 4.79 Å². The van der Waals surface area contributed by atoms with Crippen LogP contribution in [0.5, 0.6) is 0 Å². The molecule has 19 heavy (non-hydrogen) atoms. The van der Waals surface area contributed by atoms with Crippen molar-refractivity contribution in [2.75, 3.05) is 7.11 Å². The molecular weight excluding hydrogens is 240 g/mol. The fraction of sp³-hybridized carbons (Fsp3) is 0.133. The van der Waals surface area contributed by atoms with E-state index >= 15 is 0 Å². The van der Waals surface area contributed by atoms with Gasteiger partial charge >= 0.3 is 5.97 Å². The molecule has 0 atom stereocenters. The van der Waals surface area contributed by atoms with Crippen LogP contribution in [0.3, 0.4) is 0 Å². The number of allylic oxidation sites excluding steroid dienone is 1. The van der Waals surface area contributed by atoms with Crippen LogP contribution in [-0.2, 0) is 9.53 Å². The molecule has 0 bridgehead atoms. The maximum Gasteiger partial charge on any atom is 0.330 e. The number of rotatable bonds is 3. The quantitative estimate of drug-likeness (QED) is 0.624. The molecule has 0 fully saturated rings. The minimum atomic E-state index is -0.369. The number of carbonyl (C=O) groups is 1. The number of carbonyl (C=O) groups excluding carboxylic acids is 1. The number of aromatic nitrogens is 2.